The summed E-state index contributed by atoms with van der Waals surface area (Å²) < 4.78 is 3.50. The van der Waals surface area contributed by atoms with E-state index in [0.29, 0.717) is 14.8 Å². The molecule has 2 aromatic heterocycles. The van der Waals surface area contributed by atoms with Crippen LogP contribution < -0.4 is 10.2 Å². The summed E-state index contributed by atoms with van der Waals surface area (Å²) in [5.74, 6) is -0.310. The molecule has 7 nitrogen and oxygen atoms in total. The molecule has 0 spiro atoms. The SMILES string of the molecule is O=C(Cn1nnc2ccccc21)N/N=c1\scc(-c2ccc(Cl)cc2)n1-c1ccc(Cl)cc1. The minimum atomic E-state index is -0.310. The van der Waals surface area contributed by atoms with Gasteiger partial charge in [0, 0.05) is 21.1 Å². The maximum Gasteiger partial charge on any atom is 0.261 e. The van der Waals surface area contributed by atoms with Gasteiger partial charge in [-0.3, -0.25) is 9.36 Å². The lowest BCUT2D eigenvalue weighted by Gasteiger charge is -2.10. The smallest absolute Gasteiger partial charge is 0.261 e. The van der Waals surface area contributed by atoms with Gasteiger partial charge in [0.2, 0.25) is 4.80 Å². The van der Waals surface area contributed by atoms with Crippen LogP contribution in [-0.4, -0.2) is 25.5 Å². The Kier molecular flexibility index (Phi) is 5.95. The van der Waals surface area contributed by atoms with Crippen molar-refractivity contribution in [1.82, 2.24) is 25.0 Å². The van der Waals surface area contributed by atoms with E-state index in [-0.39, 0.29) is 12.5 Å². The second-order valence-electron chi connectivity index (χ2n) is 7.10. The largest absolute Gasteiger partial charge is 0.284 e. The quantitative estimate of drug-likeness (QED) is 0.353. The van der Waals surface area contributed by atoms with Gasteiger partial charge >= 0.3 is 0 Å². The third-order valence-corrected chi connectivity index (χ3v) is 6.25. The summed E-state index contributed by atoms with van der Waals surface area (Å²) in [6.07, 6.45) is 0. The van der Waals surface area contributed by atoms with E-state index in [1.165, 1.54) is 11.3 Å². The first-order chi connectivity index (χ1) is 16.1. The van der Waals surface area contributed by atoms with Crippen LogP contribution in [0.4, 0.5) is 0 Å². The lowest BCUT2D eigenvalue weighted by atomic mass is 10.1. The maximum atomic E-state index is 12.6. The number of carbonyl (C=O) groups excluding carboxylic acids is 1. The van der Waals surface area contributed by atoms with E-state index < -0.39 is 0 Å². The third-order valence-electron chi connectivity index (χ3n) is 4.92. The number of carbonyl (C=O) groups is 1. The average Bonchev–Trinajstić information content (AvgIpc) is 3.43. The van der Waals surface area contributed by atoms with Gasteiger partial charge in [-0.15, -0.1) is 21.5 Å². The zero-order chi connectivity index (χ0) is 22.8. The summed E-state index contributed by atoms with van der Waals surface area (Å²) in [5, 5.41) is 15.8. The molecule has 0 fully saturated rings. The summed E-state index contributed by atoms with van der Waals surface area (Å²) >= 11 is 13.6. The second kappa shape index (κ2) is 9.19. The monoisotopic (exact) mass is 494 g/mol. The lowest BCUT2D eigenvalue weighted by molar-refractivity contribution is -0.121. The van der Waals surface area contributed by atoms with E-state index in [4.69, 9.17) is 23.2 Å². The zero-order valence-corrected chi connectivity index (χ0v) is 19.3. The van der Waals surface area contributed by atoms with E-state index in [2.05, 4.69) is 20.8 Å². The minimum absolute atomic E-state index is 0.000372. The van der Waals surface area contributed by atoms with Crippen molar-refractivity contribution in [2.75, 3.05) is 0 Å². The molecule has 1 N–H and O–H groups in total. The summed E-state index contributed by atoms with van der Waals surface area (Å²) in [4.78, 5) is 13.2. The lowest BCUT2D eigenvalue weighted by Crippen LogP contribution is -2.27. The molecule has 164 valence electrons. The van der Waals surface area contributed by atoms with E-state index >= 15 is 0 Å². The van der Waals surface area contributed by atoms with Crippen molar-refractivity contribution in [1.29, 1.82) is 0 Å². The van der Waals surface area contributed by atoms with Crippen molar-refractivity contribution in [2.24, 2.45) is 5.10 Å². The molecule has 5 aromatic rings. The van der Waals surface area contributed by atoms with Gasteiger partial charge in [0.25, 0.3) is 5.91 Å². The van der Waals surface area contributed by atoms with E-state index in [1.54, 1.807) is 4.68 Å². The standard InChI is InChI=1S/C23H16Cl2N6OS/c24-16-7-5-15(6-8-16)21-14-33-23(31(21)18-11-9-17(25)10-12-18)28-27-22(32)13-30-20-4-2-1-3-19(20)26-29-30/h1-12,14H,13H2,(H,27,32)/b28-23-. The van der Waals surface area contributed by atoms with Gasteiger partial charge in [-0.25, -0.2) is 10.1 Å². The molecule has 2 heterocycles. The molecule has 0 saturated carbocycles. The maximum absolute atomic E-state index is 12.6. The van der Waals surface area contributed by atoms with Gasteiger partial charge in [-0.1, -0.05) is 52.7 Å². The molecule has 0 radical (unpaired) electrons. The van der Waals surface area contributed by atoms with Crippen molar-refractivity contribution < 1.29 is 4.79 Å². The van der Waals surface area contributed by atoms with E-state index in [9.17, 15) is 4.79 Å². The van der Waals surface area contributed by atoms with Crippen molar-refractivity contribution in [2.45, 2.75) is 6.54 Å². The van der Waals surface area contributed by atoms with Gasteiger partial charge in [0.15, 0.2) is 0 Å². The molecule has 0 aliphatic carbocycles. The van der Waals surface area contributed by atoms with Gasteiger partial charge in [0.1, 0.15) is 12.1 Å². The molecule has 10 heteroatoms. The Morgan fingerprint density at radius 1 is 0.970 bits per heavy atom. The molecule has 0 bridgehead atoms. The molecule has 33 heavy (non-hydrogen) atoms. The first kappa shape index (κ1) is 21.4. The molecule has 0 unspecified atom stereocenters. The number of fused-ring (bicyclic) bond motifs is 1. The van der Waals surface area contributed by atoms with Crippen molar-refractivity contribution in [3.05, 3.63) is 93.0 Å². The number of nitrogens with one attached hydrogen (secondary N) is 1. The second-order valence-corrected chi connectivity index (χ2v) is 8.81. The van der Waals surface area contributed by atoms with Crippen LogP contribution in [0.1, 0.15) is 0 Å². The number of hydrogen-bond donors (Lipinski definition) is 1. The first-order valence-corrected chi connectivity index (χ1v) is 11.6. The summed E-state index contributed by atoms with van der Waals surface area (Å²) in [7, 11) is 0. The van der Waals surface area contributed by atoms with Crippen LogP contribution in [0, 0.1) is 0 Å². The fourth-order valence-electron chi connectivity index (χ4n) is 3.37. The summed E-state index contributed by atoms with van der Waals surface area (Å²) in [5.41, 5.74) is 6.89. The Morgan fingerprint density at radius 2 is 1.67 bits per heavy atom. The Labute approximate surface area is 202 Å². The molecular formula is C23H16Cl2N6OS. The highest BCUT2D eigenvalue weighted by atomic mass is 35.5. The van der Waals surface area contributed by atoms with Crippen LogP contribution in [0.3, 0.4) is 0 Å². The molecule has 0 aliphatic rings. The predicted molar refractivity (Wildman–Crippen MR) is 130 cm³/mol. The number of aromatic nitrogens is 4. The van der Waals surface area contributed by atoms with Gasteiger partial charge in [-0.2, -0.15) is 0 Å². The van der Waals surface area contributed by atoms with Crippen molar-refractivity contribution in [3.63, 3.8) is 0 Å². The molecule has 3 aromatic carbocycles. The number of benzene rings is 3. The number of nitrogens with zero attached hydrogens (tertiary/aromatic N) is 5. The number of amides is 1. The molecule has 5 rings (SSSR count). The van der Waals surface area contributed by atoms with Gasteiger partial charge < -0.3 is 0 Å². The van der Waals surface area contributed by atoms with Crippen LogP contribution in [0.5, 0.6) is 0 Å². The fourth-order valence-corrected chi connectivity index (χ4v) is 4.48. The normalized spacial score (nSPS) is 11.8. The number of halogens is 2. The van der Waals surface area contributed by atoms with Crippen LogP contribution >= 0.6 is 34.5 Å². The predicted octanol–water partition coefficient (Wildman–Crippen LogP) is 4.89. The van der Waals surface area contributed by atoms with Crippen molar-refractivity contribution in [3.8, 4) is 16.9 Å². The minimum Gasteiger partial charge on any atom is -0.284 e. The Morgan fingerprint density at radius 3 is 2.42 bits per heavy atom. The summed E-state index contributed by atoms with van der Waals surface area (Å²) in [6.45, 7) is 0.000372. The van der Waals surface area contributed by atoms with Crippen LogP contribution in [-0.2, 0) is 11.3 Å². The van der Waals surface area contributed by atoms with E-state index in [0.717, 1.165) is 28.0 Å². The number of para-hydroxylation sites is 1. The Hall–Kier alpha value is -3.46. The average molecular weight is 495 g/mol. The van der Waals surface area contributed by atoms with Gasteiger partial charge in [-0.05, 0) is 54.1 Å². The number of hydrogen-bond acceptors (Lipinski definition) is 5. The highest BCUT2D eigenvalue weighted by Gasteiger charge is 2.12. The number of rotatable bonds is 5. The molecule has 0 atom stereocenters. The van der Waals surface area contributed by atoms with Gasteiger partial charge in [0.05, 0.1) is 11.2 Å². The highest BCUT2D eigenvalue weighted by molar-refractivity contribution is 7.07. The molecule has 0 aliphatic heterocycles. The number of thiazole rings is 1. The summed E-state index contributed by atoms with van der Waals surface area (Å²) in [6, 6.07) is 22.4. The third kappa shape index (κ3) is 4.54. The molecule has 1 amide bonds. The highest BCUT2D eigenvalue weighted by Crippen LogP contribution is 2.25. The first-order valence-electron chi connectivity index (χ1n) is 9.92. The van der Waals surface area contributed by atoms with Crippen LogP contribution in [0.15, 0.2) is 83.3 Å². The van der Waals surface area contributed by atoms with Crippen LogP contribution in [0.2, 0.25) is 10.0 Å². The van der Waals surface area contributed by atoms with Crippen molar-refractivity contribution >= 4 is 51.5 Å². The zero-order valence-electron chi connectivity index (χ0n) is 17.0. The Balaban J connectivity index is 1.48. The molecule has 0 saturated heterocycles. The molecular weight excluding hydrogens is 479 g/mol. The Bertz CT molecular complexity index is 1500. The fraction of sp³-hybridized carbons (Fsp3) is 0.0435. The van der Waals surface area contributed by atoms with E-state index in [1.807, 2.05) is 82.7 Å². The van der Waals surface area contributed by atoms with Crippen LogP contribution in [0.25, 0.3) is 28.0 Å². The topological polar surface area (TPSA) is 77.1 Å².